The van der Waals surface area contributed by atoms with E-state index in [1.54, 1.807) is 10.9 Å². The summed E-state index contributed by atoms with van der Waals surface area (Å²) in [5.41, 5.74) is 6.41. The van der Waals surface area contributed by atoms with Crippen molar-refractivity contribution in [3.8, 4) is 0 Å². The maximum absolute atomic E-state index is 9.81. The fourth-order valence-electron chi connectivity index (χ4n) is 2.12. The highest BCUT2D eigenvalue weighted by Crippen LogP contribution is 2.42. The largest absolute Gasteiger partial charge is 0.395 e. The van der Waals surface area contributed by atoms with Gasteiger partial charge in [-0.25, -0.2) is 14.6 Å². The number of hydrogen-bond donors (Lipinski definition) is 3. The van der Waals surface area contributed by atoms with Crippen molar-refractivity contribution in [3.05, 3.63) is 12.5 Å². The minimum atomic E-state index is -0.525. The minimum Gasteiger partial charge on any atom is -0.395 e. The molecule has 1 saturated heterocycles. The zero-order valence-corrected chi connectivity index (χ0v) is 10.3. The lowest BCUT2D eigenvalue weighted by Crippen LogP contribution is -2.20. The lowest BCUT2D eigenvalue weighted by atomic mass is 10.2. The second kappa shape index (κ2) is 4.38. The van der Waals surface area contributed by atoms with Crippen LogP contribution in [-0.4, -0.2) is 47.9 Å². The van der Waals surface area contributed by atoms with E-state index >= 15 is 0 Å². The van der Waals surface area contributed by atoms with Crippen LogP contribution in [0.15, 0.2) is 12.5 Å². The van der Waals surface area contributed by atoms with Crippen LogP contribution in [0.3, 0.4) is 0 Å². The number of nitrogen functional groups attached to an aromatic ring is 1. The van der Waals surface area contributed by atoms with Crippen LogP contribution in [0.1, 0.15) is 11.8 Å². The minimum absolute atomic E-state index is 0.0380. The van der Waals surface area contributed by atoms with Gasteiger partial charge in [0.1, 0.15) is 17.5 Å². The first kappa shape index (κ1) is 11.7. The van der Waals surface area contributed by atoms with E-state index in [4.69, 9.17) is 10.8 Å². The van der Waals surface area contributed by atoms with Crippen LogP contribution in [0, 0.1) is 0 Å². The number of aliphatic hydroxyl groups excluding tert-OH is 2. The zero-order chi connectivity index (χ0) is 12.7. The first-order chi connectivity index (χ1) is 8.70. The molecule has 0 aliphatic carbocycles. The Kier molecular flexibility index (Phi) is 2.84. The third-order valence-electron chi connectivity index (χ3n) is 3.08. The van der Waals surface area contributed by atoms with E-state index in [1.165, 1.54) is 18.1 Å². The van der Waals surface area contributed by atoms with Crippen LogP contribution in [-0.2, 0) is 0 Å². The normalized spacial score (nSPS) is 28.0. The Morgan fingerprint density at radius 1 is 1.50 bits per heavy atom. The Bertz CT molecular complexity index is 574. The number of nitrogens with zero attached hydrogens (tertiary/aromatic N) is 4. The molecular formula is C10H13N5O2S. The van der Waals surface area contributed by atoms with Crippen molar-refractivity contribution in [2.45, 2.75) is 23.1 Å². The fraction of sp³-hybridized carbons (Fsp3) is 0.500. The lowest BCUT2D eigenvalue weighted by Gasteiger charge is -2.10. The standard InChI is InChI=1S/C10H13N5O2S/c11-9-5-2-14-15(10(5)13-4-12-9)8-1-6(17)7(3-16)18-8/h2,4,6-8,16-17H,1,3H2,(H2,11,12,13)/t6-,7+,8?/m0/s1. The monoisotopic (exact) mass is 267 g/mol. The van der Waals surface area contributed by atoms with E-state index in [1.807, 2.05) is 0 Å². The quantitative estimate of drug-likeness (QED) is 0.689. The number of rotatable bonds is 2. The number of hydrogen-bond acceptors (Lipinski definition) is 7. The average molecular weight is 267 g/mol. The number of fused-ring (bicyclic) bond motifs is 1. The van der Waals surface area contributed by atoms with Gasteiger partial charge in [0, 0.05) is 6.42 Å². The first-order valence-electron chi connectivity index (χ1n) is 5.58. The van der Waals surface area contributed by atoms with Crippen molar-refractivity contribution in [1.29, 1.82) is 0 Å². The molecule has 2 aromatic rings. The van der Waals surface area contributed by atoms with Gasteiger partial charge in [0.2, 0.25) is 0 Å². The lowest BCUT2D eigenvalue weighted by molar-refractivity contribution is 0.137. The van der Waals surface area contributed by atoms with Gasteiger partial charge >= 0.3 is 0 Å². The highest BCUT2D eigenvalue weighted by molar-refractivity contribution is 8.00. The van der Waals surface area contributed by atoms with Crippen LogP contribution in [0.2, 0.25) is 0 Å². The van der Waals surface area contributed by atoms with Crippen molar-refractivity contribution in [2.75, 3.05) is 12.3 Å². The summed E-state index contributed by atoms with van der Waals surface area (Å²) in [6.45, 7) is -0.0430. The molecule has 1 aliphatic rings. The van der Waals surface area contributed by atoms with Gasteiger partial charge < -0.3 is 15.9 Å². The van der Waals surface area contributed by atoms with E-state index in [2.05, 4.69) is 15.1 Å². The molecule has 0 spiro atoms. The molecule has 0 amide bonds. The predicted molar refractivity (Wildman–Crippen MR) is 67.9 cm³/mol. The summed E-state index contributed by atoms with van der Waals surface area (Å²) in [7, 11) is 0. The molecule has 3 atom stereocenters. The molecule has 0 bridgehead atoms. The second-order valence-electron chi connectivity index (χ2n) is 4.20. The Balaban J connectivity index is 1.99. The molecule has 0 aromatic carbocycles. The SMILES string of the molecule is Nc1ncnc2c1cnn2C1C[C@H](O)[C@@H](CO)S1. The van der Waals surface area contributed by atoms with E-state index in [0.717, 1.165) is 0 Å². The number of nitrogens with two attached hydrogens (primary N) is 1. The smallest absolute Gasteiger partial charge is 0.164 e. The fourth-order valence-corrected chi connectivity index (χ4v) is 3.48. The maximum atomic E-state index is 9.81. The molecule has 3 heterocycles. The van der Waals surface area contributed by atoms with Gasteiger partial charge in [0.25, 0.3) is 0 Å². The molecule has 96 valence electrons. The molecular weight excluding hydrogens is 254 g/mol. The summed E-state index contributed by atoms with van der Waals surface area (Å²) in [5.74, 6) is 0.397. The third kappa shape index (κ3) is 1.73. The molecule has 1 unspecified atom stereocenters. The van der Waals surface area contributed by atoms with Gasteiger partial charge in [-0.2, -0.15) is 5.10 Å². The molecule has 2 aromatic heterocycles. The number of thioether (sulfide) groups is 1. The van der Waals surface area contributed by atoms with E-state index < -0.39 is 6.10 Å². The summed E-state index contributed by atoms with van der Waals surface area (Å²) in [4.78, 5) is 8.08. The van der Waals surface area contributed by atoms with Gasteiger partial charge in [0.05, 0.1) is 29.5 Å². The Hall–Kier alpha value is -1.38. The topological polar surface area (TPSA) is 110 Å². The molecule has 7 nitrogen and oxygen atoms in total. The molecule has 8 heteroatoms. The van der Waals surface area contributed by atoms with E-state index in [9.17, 15) is 5.11 Å². The van der Waals surface area contributed by atoms with Crippen molar-refractivity contribution in [3.63, 3.8) is 0 Å². The summed E-state index contributed by atoms with van der Waals surface area (Å²) in [6, 6.07) is 0. The van der Waals surface area contributed by atoms with E-state index in [-0.39, 0.29) is 17.2 Å². The summed E-state index contributed by atoms with van der Waals surface area (Å²) in [5, 5.41) is 23.7. The first-order valence-corrected chi connectivity index (χ1v) is 6.53. The van der Waals surface area contributed by atoms with Crippen molar-refractivity contribution in [2.24, 2.45) is 0 Å². The maximum Gasteiger partial charge on any atom is 0.164 e. The molecule has 1 aliphatic heterocycles. The molecule has 18 heavy (non-hydrogen) atoms. The molecule has 1 fully saturated rings. The average Bonchev–Trinajstić information content (AvgIpc) is 2.93. The van der Waals surface area contributed by atoms with Gasteiger partial charge in [0.15, 0.2) is 5.65 Å². The Morgan fingerprint density at radius 3 is 3.06 bits per heavy atom. The molecule has 4 N–H and O–H groups in total. The van der Waals surface area contributed by atoms with Crippen LogP contribution in [0.5, 0.6) is 0 Å². The third-order valence-corrected chi connectivity index (χ3v) is 4.60. The van der Waals surface area contributed by atoms with Crippen molar-refractivity contribution >= 4 is 28.6 Å². The van der Waals surface area contributed by atoms with Crippen molar-refractivity contribution in [1.82, 2.24) is 19.7 Å². The van der Waals surface area contributed by atoms with Gasteiger partial charge in [-0.3, -0.25) is 0 Å². The van der Waals surface area contributed by atoms with Crippen LogP contribution < -0.4 is 5.73 Å². The number of aromatic nitrogens is 4. The Labute approximate surface area is 107 Å². The second-order valence-corrected chi connectivity index (χ2v) is 5.62. The number of aliphatic hydroxyl groups is 2. The molecule has 0 saturated carbocycles. The van der Waals surface area contributed by atoms with Crippen LogP contribution >= 0.6 is 11.8 Å². The predicted octanol–water partition coefficient (Wildman–Crippen LogP) is -0.234. The highest BCUT2D eigenvalue weighted by Gasteiger charge is 2.35. The Morgan fingerprint density at radius 2 is 2.33 bits per heavy atom. The van der Waals surface area contributed by atoms with Gasteiger partial charge in [-0.1, -0.05) is 0 Å². The zero-order valence-electron chi connectivity index (χ0n) is 9.47. The van der Waals surface area contributed by atoms with E-state index in [0.29, 0.717) is 23.3 Å². The molecule has 0 radical (unpaired) electrons. The van der Waals surface area contributed by atoms with Gasteiger partial charge in [-0.05, 0) is 0 Å². The number of anilines is 1. The highest BCUT2D eigenvalue weighted by atomic mass is 32.2. The van der Waals surface area contributed by atoms with Crippen LogP contribution in [0.25, 0.3) is 11.0 Å². The van der Waals surface area contributed by atoms with Crippen molar-refractivity contribution < 1.29 is 10.2 Å². The summed E-state index contributed by atoms with van der Waals surface area (Å²) >= 11 is 1.50. The summed E-state index contributed by atoms with van der Waals surface area (Å²) < 4.78 is 1.73. The van der Waals surface area contributed by atoms with Crippen LogP contribution in [0.4, 0.5) is 5.82 Å². The van der Waals surface area contributed by atoms with Gasteiger partial charge in [-0.15, -0.1) is 11.8 Å². The summed E-state index contributed by atoms with van der Waals surface area (Å²) in [6.07, 6.45) is 3.04. The molecule has 3 rings (SSSR count).